The van der Waals surface area contributed by atoms with Crippen LogP contribution in [0.1, 0.15) is 35.8 Å². The minimum Gasteiger partial charge on any atom is -0.381 e. The molecule has 0 saturated carbocycles. The summed E-state index contributed by atoms with van der Waals surface area (Å²) >= 11 is 0. The number of carbonyl (C=O) groups excluding carboxylic acids is 1. The number of nitrogens with zero attached hydrogens (tertiary/aromatic N) is 1. The lowest BCUT2D eigenvalue weighted by Gasteiger charge is -2.33. The largest absolute Gasteiger partial charge is 0.381 e. The summed E-state index contributed by atoms with van der Waals surface area (Å²) in [7, 11) is 0. The Hall–Kier alpha value is -1.42. The third kappa shape index (κ3) is 3.29. The second kappa shape index (κ2) is 5.48. The number of hydrogen-bond acceptors (Lipinski definition) is 3. The van der Waals surface area contributed by atoms with Crippen LogP contribution in [0.15, 0.2) is 18.3 Å². The molecule has 0 bridgehead atoms. The predicted molar refractivity (Wildman–Crippen MR) is 69.5 cm³/mol. The summed E-state index contributed by atoms with van der Waals surface area (Å²) in [5.74, 6) is -0.0461. The van der Waals surface area contributed by atoms with Gasteiger partial charge in [0.1, 0.15) is 0 Å². The monoisotopic (exact) mass is 248 g/mol. The highest BCUT2D eigenvalue weighted by molar-refractivity contribution is 5.93. The molecule has 4 heteroatoms. The molecule has 1 amide bonds. The molecule has 1 aromatic rings. The van der Waals surface area contributed by atoms with E-state index >= 15 is 0 Å². The molecule has 98 valence electrons. The molecular weight excluding hydrogens is 228 g/mol. The number of rotatable bonds is 3. The number of carbonyl (C=O) groups is 1. The fourth-order valence-electron chi connectivity index (χ4n) is 2.04. The van der Waals surface area contributed by atoms with E-state index in [1.165, 1.54) is 0 Å². The van der Waals surface area contributed by atoms with Crippen molar-refractivity contribution in [1.29, 1.82) is 0 Å². The number of ether oxygens (including phenoxy) is 1. The van der Waals surface area contributed by atoms with Gasteiger partial charge in [-0.05, 0) is 37.3 Å². The lowest BCUT2D eigenvalue weighted by Crippen LogP contribution is -2.39. The Bertz CT molecular complexity index is 408. The van der Waals surface area contributed by atoms with Crippen molar-refractivity contribution in [3.8, 4) is 0 Å². The first-order valence-electron chi connectivity index (χ1n) is 6.38. The quantitative estimate of drug-likeness (QED) is 0.889. The number of nitrogens with one attached hydrogen (secondary N) is 1. The third-order valence-electron chi connectivity index (χ3n) is 3.55. The van der Waals surface area contributed by atoms with E-state index in [9.17, 15) is 4.79 Å². The van der Waals surface area contributed by atoms with Gasteiger partial charge in [-0.1, -0.05) is 6.92 Å². The Kier molecular flexibility index (Phi) is 3.97. The van der Waals surface area contributed by atoms with Crippen LogP contribution >= 0.6 is 0 Å². The molecule has 1 aliphatic heterocycles. The topological polar surface area (TPSA) is 51.2 Å². The van der Waals surface area contributed by atoms with Crippen LogP contribution in [0.25, 0.3) is 0 Å². The maximum atomic E-state index is 12.0. The van der Waals surface area contributed by atoms with E-state index in [4.69, 9.17) is 4.74 Å². The normalized spacial score (nSPS) is 18.3. The first-order valence-corrected chi connectivity index (χ1v) is 6.38. The lowest BCUT2D eigenvalue weighted by molar-refractivity contribution is 0.0238. The number of pyridine rings is 1. The Labute approximate surface area is 108 Å². The molecule has 0 aromatic carbocycles. The van der Waals surface area contributed by atoms with Crippen molar-refractivity contribution in [2.75, 3.05) is 19.8 Å². The van der Waals surface area contributed by atoms with E-state index in [1.807, 2.05) is 19.1 Å². The second-order valence-electron chi connectivity index (χ2n) is 5.29. The molecular formula is C14H20N2O2. The van der Waals surface area contributed by atoms with Crippen molar-refractivity contribution < 1.29 is 9.53 Å². The van der Waals surface area contributed by atoms with E-state index in [0.29, 0.717) is 12.1 Å². The molecule has 2 heterocycles. The molecule has 1 aliphatic rings. The Balaban J connectivity index is 1.89. The summed E-state index contributed by atoms with van der Waals surface area (Å²) in [6.07, 6.45) is 3.62. The summed E-state index contributed by atoms with van der Waals surface area (Å²) in [6, 6.07) is 3.66. The van der Waals surface area contributed by atoms with Crippen molar-refractivity contribution in [3.63, 3.8) is 0 Å². The van der Waals surface area contributed by atoms with Gasteiger partial charge >= 0.3 is 0 Å². The average Bonchev–Trinajstić information content (AvgIpc) is 2.38. The van der Waals surface area contributed by atoms with Gasteiger partial charge in [0.15, 0.2) is 0 Å². The summed E-state index contributed by atoms with van der Waals surface area (Å²) in [5.41, 5.74) is 1.70. The molecule has 1 fully saturated rings. The number of hydrogen-bond donors (Lipinski definition) is 1. The fraction of sp³-hybridized carbons (Fsp3) is 0.571. The maximum Gasteiger partial charge on any atom is 0.252 e. The molecule has 0 aliphatic carbocycles. The van der Waals surface area contributed by atoms with Gasteiger partial charge in [0.25, 0.3) is 5.91 Å². The molecule has 1 N–H and O–H groups in total. The zero-order chi connectivity index (χ0) is 13.0. The van der Waals surface area contributed by atoms with Gasteiger partial charge < -0.3 is 10.1 Å². The molecule has 18 heavy (non-hydrogen) atoms. The standard InChI is InChI=1S/C14H20N2O2/c1-11-3-4-12(9-15-11)13(17)16-10-14(2)5-7-18-8-6-14/h3-4,9H,5-8,10H2,1-2H3,(H,16,17). The van der Waals surface area contributed by atoms with Crippen LogP contribution < -0.4 is 5.32 Å². The van der Waals surface area contributed by atoms with Gasteiger partial charge in [-0.15, -0.1) is 0 Å². The van der Waals surface area contributed by atoms with E-state index in [-0.39, 0.29) is 11.3 Å². The summed E-state index contributed by atoms with van der Waals surface area (Å²) in [6.45, 7) is 6.38. The van der Waals surface area contributed by atoms with Crippen LogP contribution in [0.3, 0.4) is 0 Å². The maximum absolute atomic E-state index is 12.0. The van der Waals surface area contributed by atoms with Crippen molar-refractivity contribution >= 4 is 5.91 Å². The van der Waals surface area contributed by atoms with E-state index in [2.05, 4.69) is 17.2 Å². The van der Waals surface area contributed by atoms with Crippen molar-refractivity contribution in [2.45, 2.75) is 26.7 Å². The minimum absolute atomic E-state index is 0.0461. The smallest absolute Gasteiger partial charge is 0.252 e. The molecule has 1 aromatic heterocycles. The van der Waals surface area contributed by atoms with Crippen LogP contribution in [0.2, 0.25) is 0 Å². The van der Waals surface area contributed by atoms with Crippen molar-refractivity contribution in [2.24, 2.45) is 5.41 Å². The first-order chi connectivity index (χ1) is 8.59. The third-order valence-corrected chi connectivity index (χ3v) is 3.55. The molecule has 2 rings (SSSR count). The van der Waals surface area contributed by atoms with Gasteiger partial charge in [0.05, 0.1) is 5.56 Å². The van der Waals surface area contributed by atoms with Gasteiger partial charge in [-0.25, -0.2) is 0 Å². The van der Waals surface area contributed by atoms with Crippen molar-refractivity contribution in [3.05, 3.63) is 29.6 Å². The number of amides is 1. The molecule has 0 atom stereocenters. The molecule has 4 nitrogen and oxygen atoms in total. The second-order valence-corrected chi connectivity index (χ2v) is 5.29. The Morgan fingerprint density at radius 1 is 1.44 bits per heavy atom. The minimum atomic E-state index is -0.0461. The zero-order valence-corrected chi connectivity index (χ0v) is 11.0. The molecule has 0 spiro atoms. The zero-order valence-electron chi connectivity index (χ0n) is 11.0. The average molecular weight is 248 g/mol. The fourth-order valence-corrected chi connectivity index (χ4v) is 2.04. The van der Waals surface area contributed by atoms with E-state index < -0.39 is 0 Å². The number of aryl methyl sites for hydroxylation is 1. The lowest BCUT2D eigenvalue weighted by atomic mass is 9.82. The molecule has 1 saturated heterocycles. The van der Waals surface area contributed by atoms with Gasteiger partial charge in [-0.2, -0.15) is 0 Å². The highest BCUT2D eigenvalue weighted by atomic mass is 16.5. The van der Waals surface area contributed by atoms with Gasteiger partial charge in [-0.3, -0.25) is 9.78 Å². The summed E-state index contributed by atoms with van der Waals surface area (Å²) in [4.78, 5) is 16.1. The molecule has 0 radical (unpaired) electrons. The van der Waals surface area contributed by atoms with E-state index in [1.54, 1.807) is 6.20 Å². The summed E-state index contributed by atoms with van der Waals surface area (Å²) < 4.78 is 5.35. The van der Waals surface area contributed by atoms with Crippen LogP contribution in [-0.2, 0) is 4.74 Å². The van der Waals surface area contributed by atoms with Crippen LogP contribution in [-0.4, -0.2) is 30.6 Å². The predicted octanol–water partition coefficient (Wildman–Crippen LogP) is 1.94. The highest BCUT2D eigenvalue weighted by Crippen LogP contribution is 2.28. The number of aromatic nitrogens is 1. The van der Waals surface area contributed by atoms with Crippen LogP contribution in [0.5, 0.6) is 0 Å². The summed E-state index contributed by atoms with van der Waals surface area (Å²) in [5, 5.41) is 2.99. The Morgan fingerprint density at radius 3 is 2.78 bits per heavy atom. The van der Waals surface area contributed by atoms with E-state index in [0.717, 1.165) is 31.7 Å². The van der Waals surface area contributed by atoms with Crippen LogP contribution in [0.4, 0.5) is 0 Å². The van der Waals surface area contributed by atoms with Crippen LogP contribution in [0, 0.1) is 12.3 Å². The SMILES string of the molecule is Cc1ccc(C(=O)NCC2(C)CCOCC2)cn1. The first kappa shape index (κ1) is 13.0. The van der Waals surface area contributed by atoms with Gasteiger partial charge in [0.2, 0.25) is 0 Å². The Morgan fingerprint density at radius 2 is 2.17 bits per heavy atom. The van der Waals surface area contributed by atoms with Gasteiger partial charge in [0, 0.05) is 31.6 Å². The molecule has 0 unspecified atom stereocenters. The highest BCUT2D eigenvalue weighted by Gasteiger charge is 2.27. The van der Waals surface area contributed by atoms with Crippen molar-refractivity contribution in [1.82, 2.24) is 10.3 Å².